The number of likely N-dealkylation sites (N-methyl/N-ethyl adjacent to an activating group) is 1. The van der Waals surface area contributed by atoms with Crippen LogP contribution >= 0.6 is 11.3 Å². The van der Waals surface area contributed by atoms with Crippen LogP contribution in [0.5, 0.6) is 0 Å². The van der Waals surface area contributed by atoms with Crippen molar-refractivity contribution in [3.8, 4) is 0 Å². The predicted octanol–water partition coefficient (Wildman–Crippen LogP) is 2.61. The number of nitrogens with zero attached hydrogens (tertiary/aromatic N) is 2. The lowest BCUT2D eigenvalue weighted by Gasteiger charge is -2.44. The summed E-state index contributed by atoms with van der Waals surface area (Å²) >= 11 is 1.73. The Labute approximate surface area is 137 Å². The van der Waals surface area contributed by atoms with Gasteiger partial charge in [-0.25, -0.2) is 4.98 Å². The van der Waals surface area contributed by atoms with Crippen LogP contribution in [0.4, 0.5) is 0 Å². The Bertz CT molecular complexity index is 516. The Morgan fingerprint density at radius 1 is 1.41 bits per heavy atom. The lowest BCUT2D eigenvalue weighted by Crippen LogP contribution is -2.49. The minimum atomic E-state index is 0.193. The Morgan fingerprint density at radius 3 is 2.68 bits per heavy atom. The molecule has 5 heteroatoms. The topological polar surface area (TPSA) is 59.2 Å². The first kappa shape index (κ1) is 15.9. The van der Waals surface area contributed by atoms with Crippen LogP contribution in [-0.4, -0.2) is 35.4 Å². The molecule has 2 aliphatic carbocycles. The van der Waals surface area contributed by atoms with Gasteiger partial charge in [-0.05, 0) is 44.4 Å². The molecule has 0 radical (unpaired) electrons. The van der Waals surface area contributed by atoms with Gasteiger partial charge in [0, 0.05) is 43.0 Å². The lowest BCUT2D eigenvalue weighted by molar-refractivity contribution is -0.137. The Kier molecular flexibility index (Phi) is 4.83. The monoisotopic (exact) mass is 321 g/mol. The maximum atomic E-state index is 12.7. The molecule has 1 amide bonds. The second-order valence-electron chi connectivity index (χ2n) is 7.07. The number of amides is 1. The van der Waals surface area contributed by atoms with Gasteiger partial charge in [0.05, 0.1) is 5.01 Å². The first-order valence-corrected chi connectivity index (χ1v) is 9.28. The van der Waals surface area contributed by atoms with Crippen molar-refractivity contribution in [1.29, 1.82) is 0 Å². The third-order valence-electron chi connectivity index (χ3n) is 5.47. The molecule has 0 aromatic carbocycles. The summed E-state index contributed by atoms with van der Waals surface area (Å²) in [6.45, 7) is 2.84. The van der Waals surface area contributed by atoms with Crippen molar-refractivity contribution >= 4 is 17.2 Å². The molecule has 4 nitrogen and oxygen atoms in total. The van der Waals surface area contributed by atoms with Crippen molar-refractivity contribution in [1.82, 2.24) is 9.88 Å². The average molecular weight is 321 g/mol. The van der Waals surface area contributed by atoms with Crippen LogP contribution in [0.3, 0.4) is 0 Å². The molecular formula is C17H27N3OS. The fourth-order valence-corrected chi connectivity index (χ4v) is 4.97. The highest BCUT2D eigenvalue weighted by molar-refractivity contribution is 7.11. The first-order valence-electron chi connectivity index (χ1n) is 8.46. The predicted molar refractivity (Wildman–Crippen MR) is 89.7 cm³/mol. The number of carbonyl (C=O) groups is 1. The minimum absolute atomic E-state index is 0.193. The zero-order chi connectivity index (χ0) is 15.7. The van der Waals surface area contributed by atoms with Crippen molar-refractivity contribution in [2.45, 2.75) is 51.5 Å². The van der Waals surface area contributed by atoms with Crippen LogP contribution in [0.2, 0.25) is 0 Å². The van der Waals surface area contributed by atoms with E-state index in [0.717, 1.165) is 30.8 Å². The number of fused-ring (bicyclic) bond motifs is 2. The van der Waals surface area contributed by atoms with Crippen LogP contribution < -0.4 is 5.73 Å². The lowest BCUT2D eigenvalue weighted by atomic mass is 9.65. The second kappa shape index (κ2) is 6.67. The van der Waals surface area contributed by atoms with Crippen LogP contribution in [0.1, 0.15) is 42.0 Å². The normalized spacial score (nSPS) is 31.0. The van der Waals surface area contributed by atoms with E-state index in [0.29, 0.717) is 23.8 Å². The highest BCUT2D eigenvalue weighted by Crippen LogP contribution is 2.42. The fourth-order valence-electron chi connectivity index (χ4n) is 4.19. The van der Waals surface area contributed by atoms with Crippen molar-refractivity contribution in [3.05, 3.63) is 16.1 Å². The Balaban J connectivity index is 1.54. The van der Waals surface area contributed by atoms with Gasteiger partial charge >= 0.3 is 0 Å². The summed E-state index contributed by atoms with van der Waals surface area (Å²) in [5.41, 5.74) is 6.33. The van der Waals surface area contributed by atoms with Gasteiger partial charge in [0.25, 0.3) is 0 Å². The molecule has 2 atom stereocenters. The van der Waals surface area contributed by atoms with Crippen LogP contribution in [0.25, 0.3) is 0 Å². The van der Waals surface area contributed by atoms with Crippen molar-refractivity contribution < 1.29 is 4.79 Å². The third-order valence-corrected chi connectivity index (χ3v) is 6.44. The smallest absolute Gasteiger partial charge is 0.225 e. The minimum Gasteiger partial charge on any atom is -0.345 e. The molecule has 2 fully saturated rings. The summed E-state index contributed by atoms with van der Waals surface area (Å²) in [5.74, 6) is 1.64. The van der Waals surface area contributed by atoms with E-state index < -0.39 is 0 Å². The third kappa shape index (κ3) is 3.35. The van der Waals surface area contributed by atoms with E-state index in [1.54, 1.807) is 11.3 Å². The molecule has 2 unspecified atom stereocenters. The van der Waals surface area contributed by atoms with E-state index in [1.807, 2.05) is 18.1 Å². The van der Waals surface area contributed by atoms with Crippen LogP contribution in [0, 0.1) is 24.7 Å². The summed E-state index contributed by atoms with van der Waals surface area (Å²) in [6.07, 6.45) is 8.48. The number of hydrogen-bond acceptors (Lipinski definition) is 4. The number of hydrogen-bond donors (Lipinski definition) is 1. The van der Waals surface area contributed by atoms with E-state index in [-0.39, 0.29) is 5.92 Å². The fraction of sp³-hybridized carbons (Fsp3) is 0.765. The van der Waals surface area contributed by atoms with Crippen LogP contribution in [0.15, 0.2) is 6.20 Å². The molecule has 122 valence electrons. The molecule has 0 saturated heterocycles. The summed E-state index contributed by atoms with van der Waals surface area (Å²) in [5, 5.41) is 1.12. The molecular weight excluding hydrogens is 294 g/mol. The summed E-state index contributed by atoms with van der Waals surface area (Å²) in [6, 6.07) is 0.335. The number of nitrogens with two attached hydrogens (primary N) is 1. The molecule has 2 bridgehead atoms. The van der Waals surface area contributed by atoms with Gasteiger partial charge in [-0.1, -0.05) is 6.42 Å². The number of aromatic nitrogens is 1. The summed E-state index contributed by atoms with van der Waals surface area (Å²) in [4.78, 5) is 20.3. The van der Waals surface area contributed by atoms with Gasteiger partial charge in [-0.15, -0.1) is 11.3 Å². The van der Waals surface area contributed by atoms with E-state index >= 15 is 0 Å². The summed E-state index contributed by atoms with van der Waals surface area (Å²) in [7, 11) is 1.94. The molecule has 3 rings (SSSR count). The average Bonchev–Trinajstić information content (AvgIpc) is 2.89. The van der Waals surface area contributed by atoms with Gasteiger partial charge in [0.1, 0.15) is 0 Å². The van der Waals surface area contributed by atoms with Crippen molar-refractivity contribution in [3.63, 3.8) is 0 Å². The molecule has 1 aromatic rings. The van der Waals surface area contributed by atoms with E-state index in [9.17, 15) is 4.79 Å². The van der Waals surface area contributed by atoms with E-state index in [1.165, 1.54) is 24.1 Å². The SMILES string of the molecule is Cc1cnc(CCN(C)C(=O)C2CC3CCCC(C2)C3N)s1. The molecule has 2 aliphatic rings. The van der Waals surface area contributed by atoms with Gasteiger partial charge < -0.3 is 10.6 Å². The number of rotatable bonds is 4. The molecule has 2 N–H and O–H groups in total. The largest absolute Gasteiger partial charge is 0.345 e. The van der Waals surface area contributed by atoms with Gasteiger partial charge in [0.15, 0.2) is 0 Å². The highest BCUT2D eigenvalue weighted by Gasteiger charge is 2.41. The molecule has 1 heterocycles. The number of carbonyl (C=O) groups excluding carboxylic acids is 1. The molecule has 0 spiro atoms. The molecule has 1 aromatic heterocycles. The maximum absolute atomic E-state index is 12.7. The second-order valence-corrected chi connectivity index (χ2v) is 8.39. The van der Waals surface area contributed by atoms with Crippen molar-refractivity contribution in [2.24, 2.45) is 23.5 Å². The molecule has 22 heavy (non-hydrogen) atoms. The van der Waals surface area contributed by atoms with Gasteiger partial charge in [-0.3, -0.25) is 4.79 Å². The zero-order valence-electron chi connectivity index (χ0n) is 13.6. The van der Waals surface area contributed by atoms with Crippen LogP contribution in [-0.2, 0) is 11.2 Å². The molecule has 2 saturated carbocycles. The Hall–Kier alpha value is -0.940. The maximum Gasteiger partial charge on any atom is 0.225 e. The quantitative estimate of drug-likeness (QED) is 0.927. The van der Waals surface area contributed by atoms with E-state index in [2.05, 4.69) is 11.9 Å². The zero-order valence-corrected chi connectivity index (χ0v) is 14.4. The highest BCUT2D eigenvalue weighted by atomic mass is 32.1. The molecule has 0 aliphatic heterocycles. The van der Waals surface area contributed by atoms with Gasteiger partial charge in [-0.2, -0.15) is 0 Å². The van der Waals surface area contributed by atoms with Gasteiger partial charge in [0.2, 0.25) is 5.91 Å². The Morgan fingerprint density at radius 2 is 2.09 bits per heavy atom. The number of thiazole rings is 1. The first-order chi connectivity index (χ1) is 10.5. The number of aryl methyl sites for hydroxylation is 1. The standard InChI is InChI=1S/C17H27N3OS/c1-11-10-19-15(22-11)6-7-20(2)17(21)14-8-12-4-3-5-13(9-14)16(12)18/h10,12-14,16H,3-9,18H2,1-2H3. The van der Waals surface area contributed by atoms with Crippen molar-refractivity contribution in [2.75, 3.05) is 13.6 Å². The summed E-state index contributed by atoms with van der Waals surface area (Å²) < 4.78 is 0. The van der Waals surface area contributed by atoms with E-state index in [4.69, 9.17) is 5.73 Å².